The summed E-state index contributed by atoms with van der Waals surface area (Å²) in [5.74, 6) is 1.57. The number of anilines is 2. The van der Waals surface area contributed by atoms with Crippen LogP contribution in [0.3, 0.4) is 0 Å². The topological polar surface area (TPSA) is 141 Å². The van der Waals surface area contributed by atoms with E-state index in [1.807, 2.05) is 13.8 Å². The summed E-state index contributed by atoms with van der Waals surface area (Å²) < 4.78 is 18.5. The molecule has 0 atom stereocenters. The Labute approximate surface area is 220 Å². The van der Waals surface area contributed by atoms with Crippen LogP contribution in [0.1, 0.15) is 37.0 Å². The van der Waals surface area contributed by atoms with Gasteiger partial charge in [-0.15, -0.1) is 0 Å². The Hall–Kier alpha value is -4.03. The Kier molecular flexibility index (Phi) is 8.87. The van der Waals surface area contributed by atoms with Crippen molar-refractivity contribution in [3.63, 3.8) is 0 Å². The Bertz CT molecular complexity index is 1240. The quantitative estimate of drug-likeness (QED) is 0.323. The van der Waals surface area contributed by atoms with Gasteiger partial charge in [0.05, 0.1) is 31.7 Å². The van der Waals surface area contributed by atoms with Gasteiger partial charge in [0.25, 0.3) is 11.8 Å². The summed E-state index contributed by atoms with van der Waals surface area (Å²) in [6, 6.07) is 6.55. The van der Waals surface area contributed by atoms with Gasteiger partial charge in [0.2, 0.25) is 5.88 Å². The van der Waals surface area contributed by atoms with Crippen LogP contribution in [0.4, 0.5) is 11.6 Å². The van der Waals surface area contributed by atoms with Crippen molar-refractivity contribution in [2.75, 3.05) is 36.6 Å². The first-order valence-corrected chi connectivity index (χ1v) is 12.4. The highest BCUT2D eigenvalue weighted by Gasteiger charge is 2.28. The summed E-state index contributed by atoms with van der Waals surface area (Å²) in [6.07, 6.45) is 6.60. The van der Waals surface area contributed by atoms with E-state index in [-0.39, 0.29) is 43.6 Å². The van der Waals surface area contributed by atoms with Crippen molar-refractivity contribution < 1.29 is 28.9 Å². The molecule has 1 aliphatic carbocycles. The van der Waals surface area contributed by atoms with Gasteiger partial charge in [-0.3, -0.25) is 19.2 Å². The van der Waals surface area contributed by atoms with Crippen LogP contribution in [-0.4, -0.2) is 69.1 Å². The van der Waals surface area contributed by atoms with Crippen molar-refractivity contribution in [2.45, 2.75) is 32.8 Å². The molecule has 2 N–H and O–H groups in total. The largest absolute Gasteiger partial charge is 0.491 e. The van der Waals surface area contributed by atoms with E-state index in [0.29, 0.717) is 41.2 Å². The molecule has 0 saturated heterocycles. The fraction of sp³-hybridized carbons (Fsp3) is 0.423. The van der Waals surface area contributed by atoms with Gasteiger partial charge in [-0.2, -0.15) is 5.10 Å². The number of aliphatic hydroxyl groups is 1. The van der Waals surface area contributed by atoms with E-state index in [9.17, 15) is 9.59 Å². The average Bonchev–Trinajstić information content (AvgIpc) is 3.61. The van der Waals surface area contributed by atoms with Crippen LogP contribution in [0.25, 0.3) is 0 Å². The number of hydrogen-bond donors (Lipinski definition) is 2. The van der Waals surface area contributed by atoms with Crippen molar-refractivity contribution in [1.29, 1.82) is 0 Å². The lowest BCUT2D eigenvalue weighted by molar-refractivity contribution is -0.123. The number of nitrogens with one attached hydrogen (secondary N) is 1. The molecule has 1 aromatic carbocycles. The highest BCUT2D eigenvalue weighted by Crippen LogP contribution is 2.32. The van der Waals surface area contributed by atoms with Crippen molar-refractivity contribution in [3.8, 4) is 17.4 Å². The lowest BCUT2D eigenvalue weighted by Gasteiger charge is -2.21. The number of aliphatic hydroxyl groups excluding tert-OH is 1. The molecule has 1 aliphatic rings. The van der Waals surface area contributed by atoms with Crippen LogP contribution in [0.2, 0.25) is 0 Å². The molecule has 1 fully saturated rings. The van der Waals surface area contributed by atoms with Gasteiger partial charge < -0.3 is 24.6 Å². The predicted octanol–water partition coefficient (Wildman–Crippen LogP) is 2.79. The molecule has 12 heteroatoms. The second-order valence-corrected chi connectivity index (χ2v) is 9.23. The predicted molar refractivity (Wildman–Crippen MR) is 138 cm³/mol. The van der Waals surface area contributed by atoms with Crippen LogP contribution >= 0.6 is 0 Å². The molecule has 0 spiro atoms. The minimum Gasteiger partial charge on any atom is -0.491 e. The first-order valence-electron chi connectivity index (χ1n) is 12.4. The minimum absolute atomic E-state index is 0.0862. The molecule has 1 saturated carbocycles. The third-order valence-corrected chi connectivity index (χ3v) is 5.48. The number of carbonyl (C=O) groups is 2. The summed E-state index contributed by atoms with van der Waals surface area (Å²) in [6.45, 7) is 4.07. The standard InChI is InChI=1S/C26H32N6O6/c1-17(2)37-20-10-19(26(35)29-22-6-7-31(3)30-22)11-21(12-20)38-24-14-27-23(13-28-24)32(15-18-4-5-18)25(34)16-36-9-8-33/h6-7,10-14,17-18,33H,4-5,8-9,15-16H2,1-3H3,(H,29,30,35). The van der Waals surface area contributed by atoms with Gasteiger partial charge in [0, 0.05) is 37.5 Å². The van der Waals surface area contributed by atoms with Crippen LogP contribution in [0.5, 0.6) is 17.4 Å². The number of aromatic nitrogens is 4. The lowest BCUT2D eigenvalue weighted by atomic mass is 10.2. The summed E-state index contributed by atoms with van der Waals surface area (Å²) in [4.78, 5) is 35.8. The zero-order valence-electron chi connectivity index (χ0n) is 21.7. The van der Waals surface area contributed by atoms with E-state index in [2.05, 4.69) is 20.4 Å². The van der Waals surface area contributed by atoms with Gasteiger partial charge in [0.1, 0.15) is 18.1 Å². The maximum Gasteiger partial charge on any atom is 0.257 e. The van der Waals surface area contributed by atoms with Crippen LogP contribution < -0.4 is 19.7 Å². The Morgan fingerprint density at radius 1 is 1.18 bits per heavy atom. The number of amides is 2. The first kappa shape index (κ1) is 27.0. The molecule has 3 aromatic rings. The molecule has 38 heavy (non-hydrogen) atoms. The normalized spacial score (nSPS) is 12.9. The fourth-order valence-electron chi connectivity index (χ4n) is 3.58. The summed E-state index contributed by atoms with van der Waals surface area (Å²) >= 11 is 0. The SMILES string of the molecule is CC(C)Oc1cc(Oc2cnc(N(CC3CC3)C(=O)COCCO)cn2)cc(C(=O)Nc2ccn(C)n2)c1. The molecular weight excluding hydrogens is 492 g/mol. The molecule has 0 radical (unpaired) electrons. The van der Waals surface area contributed by atoms with Gasteiger partial charge in [-0.25, -0.2) is 9.97 Å². The van der Waals surface area contributed by atoms with Gasteiger partial charge in [0.15, 0.2) is 11.6 Å². The Balaban J connectivity index is 1.50. The summed E-state index contributed by atoms with van der Waals surface area (Å²) in [5.41, 5.74) is 0.317. The molecule has 4 rings (SSSR count). The molecule has 0 aliphatic heterocycles. The maximum atomic E-state index is 12.9. The fourth-order valence-corrected chi connectivity index (χ4v) is 3.58. The molecule has 2 amide bonds. The number of benzene rings is 1. The van der Waals surface area contributed by atoms with Crippen molar-refractivity contribution >= 4 is 23.5 Å². The zero-order chi connectivity index (χ0) is 27.1. The van der Waals surface area contributed by atoms with E-state index in [1.165, 1.54) is 12.4 Å². The van der Waals surface area contributed by atoms with Crippen molar-refractivity contribution in [1.82, 2.24) is 19.7 Å². The van der Waals surface area contributed by atoms with E-state index in [4.69, 9.17) is 19.3 Å². The second kappa shape index (κ2) is 12.5. The van der Waals surface area contributed by atoms with E-state index >= 15 is 0 Å². The van der Waals surface area contributed by atoms with E-state index in [0.717, 1.165) is 12.8 Å². The van der Waals surface area contributed by atoms with E-state index < -0.39 is 0 Å². The second-order valence-electron chi connectivity index (χ2n) is 9.23. The average molecular weight is 525 g/mol. The third kappa shape index (κ3) is 7.73. The summed E-state index contributed by atoms with van der Waals surface area (Å²) in [7, 11) is 1.76. The number of nitrogens with zero attached hydrogens (tertiary/aromatic N) is 5. The highest BCUT2D eigenvalue weighted by atomic mass is 16.5. The molecule has 12 nitrogen and oxygen atoms in total. The molecule has 0 unspecified atom stereocenters. The molecule has 0 bridgehead atoms. The maximum absolute atomic E-state index is 12.9. The number of carbonyl (C=O) groups excluding carboxylic acids is 2. The van der Waals surface area contributed by atoms with Gasteiger partial charge >= 0.3 is 0 Å². The lowest BCUT2D eigenvalue weighted by Crippen LogP contribution is -2.36. The van der Waals surface area contributed by atoms with Crippen LogP contribution in [0.15, 0.2) is 42.9 Å². The monoisotopic (exact) mass is 524 g/mol. The summed E-state index contributed by atoms with van der Waals surface area (Å²) in [5, 5.41) is 15.8. The molecular formula is C26H32N6O6. The van der Waals surface area contributed by atoms with E-state index in [1.54, 1.807) is 47.1 Å². The van der Waals surface area contributed by atoms with Crippen LogP contribution in [-0.2, 0) is 16.6 Å². The number of ether oxygens (including phenoxy) is 3. The van der Waals surface area contributed by atoms with Crippen molar-refractivity contribution in [2.24, 2.45) is 13.0 Å². The zero-order valence-corrected chi connectivity index (χ0v) is 21.7. The van der Waals surface area contributed by atoms with Gasteiger partial charge in [-0.1, -0.05) is 0 Å². The number of rotatable bonds is 13. The third-order valence-electron chi connectivity index (χ3n) is 5.48. The van der Waals surface area contributed by atoms with Crippen molar-refractivity contribution in [3.05, 3.63) is 48.4 Å². The number of hydrogen-bond acceptors (Lipinski definition) is 9. The molecule has 202 valence electrons. The van der Waals surface area contributed by atoms with Gasteiger partial charge in [-0.05, 0) is 44.7 Å². The molecule has 2 heterocycles. The number of aryl methyl sites for hydroxylation is 1. The highest BCUT2D eigenvalue weighted by molar-refractivity contribution is 6.04. The first-order chi connectivity index (χ1) is 18.3. The minimum atomic E-state index is -0.373. The smallest absolute Gasteiger partial charge is 0.257 e. The Morgan fingerprint density at radius 3 is 2.61 bits per heavy atom. The molecule has 2 aromatic heterocycles. The Morgan fingerprint density at radius 2 is 1.97 bits per heavy atom. The van der Waals surface area contributed by atoms with Crippen LogP contribution in [0, 0.1) is 5.92 Å².